The Labute approximate surface area is 167 Å². The standard InChI is InChI=1S/C20H28N4O3S/c1-4-15(2)16-8-10-17(11-9-16)23-20(21)22-12-13-27-19-7-5-6-18(14-19)24-28(3,25)26/h5-11,14-15,24H,4,12-13H2,1-3H3,(H3,21,22,23). The Balaban J connectivity index is 1.82. The van der Waals surface area contributed by atoms with Crippen molar-refractivity contribution >= 4 is 27.4 Å². The largest absolute Gasteiger partial charge is 0.492 e. The minimum absolute atomic E-state index is 0.312. The van der Waals surface area contributed by atoms with Crippen LogP contribution in [0.5, 0.6) is 5.75 Å². The predicted octanol–water partition coefficient (Wildman–Crippen LogP) is 3.38. The van der Waals surface area contributed by atoms with E-state index in [4.69, 9.17) is 10.5 Å². The Kier molecular flexibility index (Phi) is 7.69. The highest BCUT2D eigenvalue weighted by molar-refractivity contribution is 7.92. The van der Waals surface area contributed by atoms with Crippen molar-refractivity contribution in [3.63, 3.8) is 0 Å². The van der Waals surface area contributed by atoms with Crippen LogP contribution in [0.2, 0.25) is 0 Å². The van der Waals surface area contributed by atoms with Crippen molar-refractivity contribution in [2.75, 3.05) is 29.4 Å². The summed E-state index contributed by atoms with van der Waals surface area (Å²) in [5.41, 5.74) is 8.54. The highest BCUT2D eigenvalue weighted by Gasteiger charge is 2.04. The van der Waals surface area contributed by atoms with Gasteiger partial charge in [-0.15, -0.1) is 0 Å². The van der Waals surface area contributed by atoms with Gasteiger partial charge in [0.05, 0.1) is 18.5 Å². The smallest absolute Gasteiger partial charge is 0.229 e. The second-order valence-electron chi connectivity index (χ2n) is 6.57. The number of sulfonamides is 1. The molecule has 0 amide bonds. The summed E-state index contributed by atoms with van der Waals surface area (Å²) in [6.45, 7) is 5.05. The van der Waals surface area contributed by atoms with Gasteiger partial charge in [-0.3, -0.25) is 4.72 Å². The number of anilines is 2. The minimum Gasteiger partial charge on any atom is -0.492 e. The Hall–Kier alpha value is -2.74. The van der Waals surface area contributed by atoms with E-state index in [1.165, 1.54) is 5.56 Å². The average molecular weight is 405 g/mol. The topological polar surface area (TPSA) is 106 Å². The van der Waals surface area contributed by atoms with Gasteiger partial charge in [0, 0.05) is 11.8 Å². The number of rotatable bonds is 9. The number of nitrogens with two attached hydrogens (primary N) is 1. The summed E-state index contributed by atoms with van der Waals surface area (Å²) in [5, 5.41) is 3.06. The molecule has 0 saturated carbocycles. The summed E-state index contributed by atoms with van der Waals surface area (Å²) < 4.78 is 30.5. The van der Waals surface area contributed by atoms with Crippen molar-refractivity contribution in [2.24, 2.45) is 10.7 Å². The zero-order valence-electron chi connectivity index (χ0n) is 16.5. The van der Waals surface area contributed by atoms with Gasteiger partial charge in [-0.2, -0.15) is 0 Å². The lowest BCUT2D eigenvalue weighted by atomic mass is 9.99. The van der Waals surface area contributed by atoms with Crippen molar-refractivity contribution in [3.8, 4) is 5.75 Å². The van der Waals surface area contributed by atoms with Crippen molar-refractivity contribution in [1.82, 2.24) is 0 Å². The van der Waals surface area contributed by atoms with Crippen LogP contribution in [0.15, 0.2) is 53.5 Å². The molecular weight excluding hydrogens is 376 g/mol. The molecule has 0 aliphatic carbocycles. The lowest BCUT2D eigenvalue weighted by Gasteiger charge is -2.11. The second-order valence-corrected chi connectivity index (χ2v) is 8.32. The third-order valence-electron chi connectivity index (χ3n) is 4.14. The molecule has 2 rings (SSSR count). The van der Waals surface area contributed by atoms with Crippen LogP contribution in [0.25, 0.3) is 0 Å². The molecule has 0 spiro atoms. The molecule has 0 aliphatic heterocycles. The van der Waals surface area contributed by atoms with E-state index in [1.54, 1.807) is 24.3 Å². The summed E-state index contributed by atoms with van der Waals surface area (Å²) in [7, 11) is -3.32. The van der Waals surface area contributed by atoms with Crippen LogP contribution >= 0.6 is 0 Å². The third-order valence-corrected chi connectivity index (χ3v) is 4.75. The number of hydrogen-bond acceptors (Lipinski definition) is 4. The van der Waals surface area contributed by atoms with Crippen LogP contribution in [0, 0.1) is 0 Å². The molecule has 0 bridgehead atoms. The number of nitrogens with zero attached hydrogens (tertiary/aromatic N) is 1. The van der Waals surface area contributed by atoms with E-state index in [9.17, 15) is 8.42 Å². The third kappa shape index (κ3) is 7.48. The van der Waals surface area contributed by atoms with Crippen molar-refractivity contribution in [2.45, 2.75) is 26.2 Å². The summed E-state index contributed by atoms with van der Waals surface area (Å²) in [5.74, 6) is 1.40. The second kappa shape index (κ2) is 9.98. The van der Waals surface area contributed by atoms with Crippen molar-refractivity contribution in [3.05, 3.63) is 54.1 Å². The van der Waals surface area contributed by atoms with Crippen LogP contribution in [-0.4, -0.2) is 33.8 Å². The lowest BCUT2D eigenvalue weighted by Crippen LogP contribution is -2.23. The van der Waals surface area contributed by atoms with Gasteiger partial charge in [0.1, 0.15) is 12.4 Å². The van der Waals surface area contributed by atoms with Gasteiger partial charge in [0.25, 0.3) is 0 Å². The maximum atomic E-state index is 11.3. The number of guanidine groups is 1. The van der Waals surface area contributed by atoms with Crippen LogP contribution in [0.1, 0.15) is 31.7 Å². The normalized spacial score (nSPS) is 13.0. The zero-order valence-corrected chi connectivity index (χ0v) is 17.3. The Morgan fingerprint density at radius 1 is 1.18 bits per heavy atom. The molecule has 7 nitrogen and oxygen atoms in total. The van der Waals surface area contributed by atoms with Gasteiger partial charge in [0.15, 0.2) is 5.96 Å². The molecule has 0 fully saturated rings. The molecule has 0 aliphatic rings. The van der Waals surface area contributed by atoms with Crippen LogP contribution in [0.4, 0.5) is 11.4 Å². The van der Waals surface area contributed by atoms with Crippen LogP contribution < -0.4 is 20.5 Å². The monoisotopic (exact) mass is 404 g/mol. The maximum Gasteiger partial charge on any atom is 0.229 e. The van der Waals surface area contributed by atoms with Gasteiger partial charge < -0.3 is 15.8 Å². The summed E-state index contributed by atoms with van der Waals surface area (Å²) in [6.07, 6.45) is 2.20. The predicted molar refractivity (Wildman–Crippen MR) is 116 cm³/mol. The fraction of sp³-hybridized carbons (Fsp3) is 0.350. The van der Waals surface area contributed by atoms with E-state index in [1.807, 2.05) is 12.1 Å². The average Bonchev–Trinajstić information content (AvgIpc) is 2.64. The van der Waals surface area contributed by atoms with Crippen molar-refractivity contribution in [1.29, 1.82) is 0 Å². The molecular formula is C20H28N4O3S. The maximum absolute atomic E-state index is 11.3. The quantitative estimate of drug-likeness (QED) is 0.337. The van der Waals surface area contributed by atoms with E-state index >= 15 is 0 Å². The van der Waals surface area contributed by atoms with Crippen LogP contribution in [0.3, 0.4) is 0 Å². The summed E-state index contributed by atoms with van der Waals surface area (Å²) in [6, 6.07) is 14.9. The number of ether oxygens (including phenoxy) is 1. The zero-order chi connectivity index (χ0) is 20.6. The molecule has 0 radical (unpaired) electrons. The Bertz CT molecular complexity index is 896. The fourth-order valence-electron chi connectivity index (χ4n) is 2.51. The highest BCUT2D eigenvalue weighted by atomic mass is 32.2. The molecule has 4 N–H and O–H groups in total. The van der Waals surface area contributed by atoms with Gasteiger partial charge in [0.2, 0.25) is 10.0 Å². The first kappa shape index (κ1) is 21.6. The van der Waals surface area contributed by atoms with Crippen LogP contribution in [-0.2, 0) is 10.0 Å². The first-order valence-electron chi connectivity index (χ1n) is 9.14. The van der Waals surface area contributed by atoms with E-state index in [2.05, 4.69) is 41.0 Å². The van der Waals surface area contributed by atoms with Gasteiger partial charge in [-0.05, 0) is 42.2 Å². The number of hydrogen-bond donors (Lipinski definition) is 3. The van der Waals surface area contributed by atoms with E-state index in [0.29, 0.717) is 36.5 Å². The van der Waals surface area contributed by atoms with E-state index in [-0.39, 0.29) is 0 Å². The summed E-state index contributed by atoms with van der Waals surface area (Å²) >= 11 is 0. The van der Waals surface area contributed by atoms with Gasteiger partial charge in [-0.25, -0.2) is 13.4 Å². The Morgan fingerprint density at radius 3 is 2.54 bits per heavy atom. The lowest BCUT2D eigenvalue weighted by molar-refractivity contribution is 0.329. The minimum atomic E-state index is -3.32. The first-order chi connectivity index (χ1) is 13.3. The van der Waals surface area contributed by atoms with Gasteiger partial charge in [-0.1, -0.05) is 32.0 Å². The SMILES string of the molecule is CCC(C)c1ccc(NC(N)=NCCOc2cccc(NS(C)(=O)=O)c2)cc1. The number of benzene rings is 2. The molecule has 28 heavy (non-hydrogen) atoms. The molecule has 2 aromatic rings. The highest BCUT2D eigenvalue weighted by Crippen LogP contribution is 2.20. The Morgan fingerprint density at radius 2 is 1.89 bits per heavy atom. The fourth-order valence-corrected chi connectivity index (χ4v) is 3.07. The molecule has 0 aromatic heterocycles. The first-order valence-corrected chi connectivity index (χ1v) is 11.0. The molecule has 1 unspecified atom stereocenters. The number of aliphatic imine (C=N–C) groups is 1. The molecule has 0 saturated heterocycles. The molecule has 2 aromatic carbocycles. The van der Waals surface area contributed by atoms with E-state index < -0.39 is 10.0 Å². The van der Waals surface area contributed by atoms with Gasteiger partial charge >= 0.3 is 0 Å². The van der Waals surface area contributed by atoms with E-state index in [0.717, 1.165) is 18.4 Å². The molecule has 8 heteroatoms. The molecule has 0 heterocycles. The molecule has 152 valence electrons. The number of nitrogens with one attached hydrogen (secondary N) is 2. The van der Waals surface area contributed by atoms with Crippen molar-refractivity contribution < 1.29 is 13.2 Å². The summed E-state index contributed by atoms with van der Waals surface area (Å²) in [4.78, 5) is 4.24. The molecule has 1 atom stereocenters.